The Morgan fingerprint density at radius 1 is 1.18 bits per heavy atom. The SMILES string of the molecule is CC1CN(C(=O)CCc2cccs2)CCN1c1ccccc1. The van der Waals surface area contributed by atoms with Gasteiger partial charge in [-0.1, -0.05) is 24.3 Å². The molecule has 0 bridgehead atoms. The van der Waals surface area contributed by atoms with E-state index in [1.54, 1.807) is 11.3 Å². The third-order valence-corrected chi connectivity index (χ3v) is 5.17. The summed E-state index contributed by atoms with van der Waals surface area (Å²) in [5, 5.41) is 2.07. The zero-order valence-electron chi connectivity index (χ0n) is 12.9. The second-order valence-electron chi connectivity index (χ2n) is 5.80. The maximum Gasteiger partial charge on any atom is 0.223 e. The number of rotatable bonds is 4. The van der Waals surface area contributed by atoms with Crippen molar-refractivity contribution in [3.05, 3.63) is 52.7 Å². The van der Waals surface area contributed by atoms with Crippen molar-refractivity contribution in [1.29, 1.82) is 0 Å². The van der Waals surface area contributed by atoms with E-state index < -0.39 is 0 Å². The first-order valence-electron chi connectivity index (χ1n) is 7.86. The molecule has 1 amide bonds. The van der Waals surface area contributed by atoms with Crippen LogP contribution in [0.2, 0.25) is 0 Å². The number of thiophene rings is 1. The lowest BCUT2D eigenvalue weighted by Crippen LogP contribution is -2.53. The van der Waals surface area contributed by atoms with Gasteiger partial charge in [-0.25, -0.2) is 0 Å². The Hall–Kier alpha value is -1.81. The summed E-state index contributed by atoms with van der Waals surface area (Å²) in [4.78, 5) is 18.1. The molecule has 1 fully saturated rings. The molecule has 3 rings (SSSR count). The van der Waals surface area contributed by atoms with E-state index in [0.717, 1.165) is 26.1 Å². The Bertz CT molecular complexity index is 597. The number of anilines is 1. The Balaban J connectivity index is 1.54. The number of amides is 1. The molecule has 1 aliphatic heterocycles. The van der Waals surface area contributed by atoms with Crippen LogP contribution in [0, 0.1) is 0 Å². The van der Waals surface area contributed by atoms with Crippen molar-refractivity contribution >= 4 is 22.9 Å². The van der Waals surface area contributed by atoms with Crippen molar-refractivity contribution in [2.24, 2.45) is 0 Å². The Morgan fingerprint density at radius 3 is 2.68 bits per heavy atom. The van der Waals surface area contributed by atoms with E-state index >= 15 is 0 Å². The van der Waals surface area contributed by atoms with Gasteiger partial charge in [0.25, 0.3) is 0 Å². The van der Waals surface area contributed by atoms with Crippen molar-refractivity contribution < 1.29 is 4.79 Å². The van der Waals surface area contributed by atoms with E-state index in [9.17, 15) is 4.79 Å². The molecule has 22 heavy (non-hydrogen) atoms. The largest absolute Gasteiger partial charge is 0.365 e. The standard InChI is InChI=1S/C18H22N2OS/c1-15-14-19(18(21)10-9-17-8-5-13-22-17)11-12-20(15)16-6-3-2-4-7-16/h2-8,13,15H,9-12,14H2,1H3. The second-order valence-corrected chi connectivity index (χ2v) is 6.83. The monoisotopic (exact) mass is 314 g/mol. The summed E-state index contributed by atoms with van der Waals surface area (Å²) in [5.74, 6) is 0.285. The topological polar surface area (TPSA) is 23.6 Å². The number of hydrogen-bond acceptors (Lipinski definition) is 3. The van der Waals surface area contributed by atoms with Gasteiger partial charge in [-0.15, -0.1) is 11.3 Å². The number of para-hydroxylation sites is 1. The van der Waals surface area contributed by atoms with Gasteiger partial charge in [-0.3, -0.25) is 4.79 Å². The van der Waals surface area contributed by atoms with Gasteiger partial charge in [0.15, 0.2) is 0 Å². The maximum atomic E-state index is 12.4. The highest BCUT2D eigenvalue weighted by molar-refractivity contribution is 7.09. The van der Waals surface area contributed by atoms with E-state index in [-0.39, 0.29) is 5.91 Å². The van der Waals surface area contributed by atoms with Crippen LogP contribution in [0.4, 0.5) is 5.69 Å². The van der Waals surface area contributed by atoms with Crippen LogP contribution in [0.5, 0.6) is 0 Å². The Kier molecular flexibility index (Phi) is 4.78. The van der Waals surface area contributed by atoms with Gasteiger partial charge in [0.2, 0.25) is 5.91 Å². The first kappa shape index (κ1) is 15.1. The number of aryl methyl sites for hydroxylation is 1. The van der Waals surface area contributed by atoms with Crippen molar-refractivity contribution in [2.45, 2.75) is 25.8 Å². The highest BCUT2D eigenvalue weighted by atomic mass is 32.1. The molecule has 1 aliphatic rings. The highest BCUT2D eigenvalue weighted by Crippen LogP contribution is 2.21. The molecule has 1 atom stereocenters. The number of carbonyl (C=O) groups excluding carboxylic acids is 1. The molecule has 0 radical (unpaired) electrons. The quantitative estimate of drug-likeness (QED) is 0.863. The van der Waals surface area contributed by atoms with Crippen LogP contribution in [-0.4, -0.2) is 36.5 Å². The lowest BCUT2D eigenvalue weighted by atomic mass is 10.1. The minimum Gasteiger partial charge on any atom is -0.365 e. The van der Waals surface area contributed by atoms with Crippen molar-refractivity contribution in [3.63, 3.8) is 0 Å². The molecule has 3 nitrogen and oxygen atoms in total. The number of benzene rings is 1. The first-order chi connectivity index (χ1) is 10.7. The normalized spacial score (nSPS) is 18.5. The second kappa shape index (κ2) is 6.97. The summed E-state index contributed by atoms with van der Waals surface area (Å²) < 4.78 is 0. The van der Waals surface area contributed by atoms with E-state index in [1.807, 2.05) is 17.0 Å². The fourth-order valence-electron chi connectivity index (χ4n) is 3.03. The molecule has 1 aromatic heterocycles. The van der Waals surface area contributed by atoms with Crippen molar-refractivity contribution in [3.8, 4) is 0 Å². The van der Waals surface area contributed by atoms with Crippen LogP contribution in [-0.2, 0) is 11.2 Å². The number of piperazine rings is 1. The summed E-state index contributed by atoms with van der Waals surface area (Å²) >= 11 is 1.73. The zero-order valence-corrected chi connectivity index (χ0v) is 13.8. The third-order valence-electron chi connectivity index (χ3n) is 4.23. The van der Waals surface area contributed by atoms with Crippen molar-refractivity contribution in [2.75, 3.05) is 24.5 Å². The average molecular weight is 314 g/mol. The molecular formula is C18H22N2OS. The van der Waals surface area contributed by atoms with Gasteiger partial charge in [0.1, 0.15) is 0 Å². The van der Waals surface area contributed by atoms with E-state index in [2.05, 4.69) is 47.5 Å². The molecule has 1 unspecified atom stereocenters. The van der Waals surface area contributed by atoms with Crippen LogP contribution >= 0.6 is 11.3 Å². The minimum atomic E-state index is 0.285. The van der Waals surface area contributed by atoms with Gasteiger partial charge in [-0.2, -0.15) is 0 Å². The summed E-state index contributed by atoms with van der Waals surface area (Å²) in [7, 11) is 0. The Labute approximate surface area is 136 Å². The van der Waals surface area contributed by atoms with Crippen LogP contribution < -0.4 is 4.90 Å². The molecule has 0 spiro atoms. The molecule has 116 valence electrons. The molecule has 1 saturated heterocycles. The number of hydrogen-bond donors (Lipinski definition) is 0. The first-order valence-corrected chi connectivity index (χ1v) is 8.74. The lowest BCUT2D eigenvalue weighted by molar-refractivity contribution is -0.131. The zero-order chi connectivity index (χ0) is 15.4. The fraction of sp³-hybridized carbons (Fsp3) is 0.389. The summed E-state index contributed by atoms with van der Waals surface area (Å²) in [6.07, 6.45) is 1.49. The van der Waals surface area contributed by atoms with Crippen LogP contribution in [0.3, 0.4) is 0 Å². The van der Waals surface area contributed by atoms with Gasteiger partial charge in [0, 0.05) is 42.7 Å². The molecular weight excluding hydrogens is 292 g/mol. The van der Waals surface area contributed by atoms with Gasteiger partial charge in [0.05, 0.1) is 0 Å². The predicted octanol–water partition coefficient (Wildman–Crippen LogP) is 3.42. The molecule has 1 aromatic carbocycles. The van der Waals surface area contributed by atoms with E-state index in [4.69, 9.17) is 0 Å². The van der Waals surface area contributed by atoms with Gasteiger partial charge >= 0.3 is 0 Å². The minimum absolute atomic E-state index is 0.285. The highest BCUT2D eigenvalue weighted by Gasteiger charge is 2.26. The Morgan fingerprint density at radius 2 is 2.00 bits per heavy atom. The van der Waals surface area contributed by atoms with E-state index in [1.165, 1.54) is 10.6 Å². The summed E-state index contributed by atoms with van der Waals surface area (Å²) in [6.45, 7) is 4.75. The molecule has 0 aliphatic carbocycles. The molecule has 2 aromatic rings. The smallest absolute Gasteiger partial charge is 0.223 e. The lowest BCUT2D eigenvalue weighted by Gasteiger charge is -2.41. The fourth-order valence-corrected chi connectivity index (χ4v) is 3.74. The van der Waals surface area contributed by atoms with E-state index in [0.29, 0.717) is 12.5 Å². The van der Waals surface area contributed by atoms with Crippen LogP contribution in [0.1, 0.15) is 18.2 Å². The molecule has 0 N–H and O–H groups in total. The summed E-state index contributed by atoms with van der Waals surface area (Å²) in [5.41, 5.74) is 1.25. The van der Waals surface area contributed by atoms with Crippen LogP contribution in [0.15, 0.2) is 47.8 Å². The number of carbonyl (C=O) groups is 1. The molecule has 0 saturated carbocycles. The number of nitrogens with zero attached hydrogens (tertiary/aromatic N) is 2. The third kappa shape index (κ3) is 3.50. The van der Waals surface area contributed by atoms with Gasteiger partial charge in [-0.05, 0) is 36.9 Å². The van der Waals surface area contributed by atoms with Crippen molar-refractivity contribution in [1.82, 2.24) is 4.90 Å². The molecule has 4 heteroatoms. The summed E-state index contributed by atoms with van der Waals surface area (Å²) in [6, 6.07) is 15.0. The van der Waals surface area contributed by atoms with Gasteiger partial charge < -0.3 is 9.80 Å². The predicted molar refractivity (Wildman–Crippen MR) is 92.5 cm³/mol. The maximum absolute atomic E-state index is 12.4. The van der Waals surface area contributed by atoms with Crippen LogP contribution in [0.25, 0.3) is 0 Å². The molecule has 2 heterocycles. The average Bonchev–Trinajstić information content (AvgIpc) is 3.07.